The molecular weight excluding hydrogens is 305 g/mol. The molecule has 0 radical (unpaired) electrons. The molecule has 1 aromatic carbocycles. The Hall–Kier alpha value is -1.19. The summed E-state index contributed by atoms with van der Waals surface area (Å²) in [5.41, 5.74) is -4.29. The molecule has 96 valence electrons. The summed E-state index contributed by atoms with van der Waals surface area (Å²) < 4.78 is 87.1. The first-order valence-corrected chi connectivity index (χ1v) is 3.57. The van der Waals surface area contributed by atoms with E-state index >= 15 is 0 Å². The predicted molar refractivity (Wildman–Crippen MR) is 37.5 cm³/mol. The molecule has 0 aliphatic heterocycles. The zero-order chi connectivity index (χ0) is 12.7. The van der Waals surface area contributed by atoms with Gasteiger partial charge in [-0.25, -0.2) is 17.6 Å². The monoisotopic (exact) mass is 304 g/mol. The third-order valence-corrected chi connectivity index (χ3v) is 1.67. The molecule has 0 aliphatic carbocycles. The second-order valence-corrected chi connectivity index (χ2v) is 2.63. The quantitative estimate of drug-likeness (QED) is 0.227. The van der Waals surface area contributed by atoms with Crippen LogP contribution in [0.3, 0.4) is 0 Å². The van der Waals surface area contributed by atoms with Crippen molar-refractivity contribution < 1.29 is 47.8 Å². The van der Waals surface area contributed by atoms with Gasteiger partial charge >= 0.3 is 23.2 Å². The molecule has 0 aliphatic rings. The van der Waals surface area contributed by atoms with E-state index in [1.807, 2.05) is 0 Å². The van der Waals surface area contributed by atoms with Crippen LogP contribution in [0, 0.1) is 35.6 Å². The standard InChI is InChI=1S/C9F7.Cu/c1-2-3-5(10)7(12)4(9(14,15)16)8(13)6(3)11;/q-1;+1. The summed E-state index contributed by atoms with van der Waals surface area (Å²) in [5.74, 6) is -8.82. The van der Waals surface area contributed by atoms with Crippen molar-refractivity contribution >= 4 is 0 Å². The minimum Gasteiger partial charge on any atom is -0.366 e. The van der Waals surface area contributed by atoms with Crippen LogP contribution in [-0.4, -0.2) is 0 Å². The molecule has 1 aromatic rings. The summed E-state index contributed by atoms with van der Waals surface area (Å²) in [6.45, 7) is 0. The van der Waals surface area contributed by atoms with Crippen molar-refractivity contribution in [3.05, 3.63) is 40.8 Å². The third kappa shape index (κ3) is 2.56. The zero-order valence-corrected chi connectivity index (χ0v) is 8.39. The molecule has 0 bridgehead atoms. The van der Waals surface area contributed by atoms with Crippen LogP contribution in [0.15, 0.2) is 0 Å². The largest absolute Gasteiger partial charge is 1.00 e. The molecule has 17 heavy (non-hydrogen) atoms. The SMILES string of the molecule is [C-]#Cc1c(F)c(F)c(C(F)(F)F)c(F)c1F.[Cu+]. The van der Waals surface area contributed by atoms with Gasteiger partial charge in [-0.1, -0.05) is 5.56 Å². The van der Waals surface area contributed by atoms with Crippen molar-refractivity contribution in [2.24, 2.45) is 0 Å². The fourth-order valence-electron chi connectivity index (χ4n) is 0.990. The Bertz CT molecular complexity index is 455. The first kappa shape index (κ1) is 15.8. The maximum Gasteiger partial charge on any atom is 1.00 e. The Morgan fingerprint density at radius 1 is 0.824 bits per heavy atom. The van der Waals surface area contributed by atoms with Gasteiger partial charge in [0.25, 0.3) is 0 Å². The van der Waals surface area contributed by atoms with Crippen LogP contribution in [0.5, 0.6) is 0 Å². The molecule has 0 saturated carbocycles. The molecule has 0 spiro atoms. The van der Waals surface area contributed by atoms with Crippen LogP contribution in [0.4, 0.5) is 30.7 Å². The number of hydrogen-bond donors (Lipinski definition) is 0. The van der Waals surface area contributed by atoms with Gasteiger partial charge in [-0.3, -0.25) is 5.92 Å². The smallest absolute Gasteiger partial charge is 0.366 e. The molecule has 0 nitrogen and oxygen atoms in total. The summed E-state index contributed by atoms with van der Waals surface area (Å²) in [6, 6.07) is 0. The molecule has 1 rings (SSSR count). The second kappa shape index (κ2) is 4.98. The van der Waals surface area contributed by atoms with Gasteiger partial charge in [0.05, 0.1) is 11.6 Å². The molecule has 0 atom stereocenters. The first-order chi connectivity index (χ1) is 7.21. The Morgan fingerprint density at radius 3 is 1.41 bits per heavy atom. The summed E-state index contributed by atoms with van der Waals surface area (Å²) >= 11 is 0. The molecule has 0 unspecified atom stereocenters. The molecule has 0 amide bonds. The van der Waals surface area contributed by atoms with E-state index in [9.17, 15) is 30.7 Å². The normalized spacial score (nSPS) is 10.7. The van der Waals surface area contributed by atoms with Crippen LogP contribution in [0.2, 0.25) is 0 Å². The third-order valence-electron chi connectivity index (χ3n) is 1.67. The van der Waals surface area contributed by atoms with E-state index in [-0.39, 0.29) is 17.1 Å². The van der Waals surface area contributed by atoms with Crippen LogP contribution in [-0.2, 0) is 23.2 Å². The predicted octanol–water partition coefficient (Wildman–Crippen LogP) is 3.20. The second-order valence-electron chi connectivity index (χ2n) is 2.63. The molecule has 8 heteroatoms. The van der Waals surface area contributed by atoms with Crippen molar-refractivity contribution in [1.29, 1.82) is 0 Å². The summed E-state index contributed by atoms with van der Waals surface area (Å²) in [6.07, 6.45) is 0.728. The minimum atomic E-state index is -5.57. The average Bonchev–Trinajstić information content (AvgIpc) is 2.14. The van der Waals surface area contributed by atoms with Crippen molar-refractivity contribution in [3.63, 3.8) is 0 Å². The number of benzene rings is 1. The van der Waals surface area contributed by atoms with Crippen molar-refractivity contribution in [2.75, 3.05) is 0 Å². The Morgan fingerprint density at radius 2 is 1.18 bits per heavy atom. The van der Waals surface area contributed by atoms with Crippen LogP contribution >= 0.6 is 0 Å². The molecule has 0 heterocycles. The summed E-state index contributed by atoms with van der Waals surface area (Å²) in [4.78, 5) is 0. The van der Waals surface area contributed by atoms with Gasteiger partial charge in [-0.05, 0) is 0 Å². The van der Waals surface area contributed by atoms with Crippen molar-refractivity contribution in [3.8, 4) is 5.92 Å². The first-order valence-electron chi connectivity index (χ1n) is 3.57. The van der Waals surface area contributed by atoms with Crippen LogP contribution < -0.4 is 0 Å². The minimum absolute atomic E-state index is 0. The molecule has 0 N–H and O–H groups in total. The van der Waals surface area contributed by atoms with Crippen LogP contribution in [0.25, 0.3) is 0 Å². The molecular formula is C9CuF7. The van der Waals surface area contributed by atoms with E-state index in [0.29, 0.717) is 0 Å². The fraction of sp³-hybridized carbons (Fsp3) is 0.111. The number of alkyl halides is 3. The number of halogens is 7. The molecule has 0 saturated heterocycles. The Labute approximate surface area is 101 Å². The number of hydrogen-bond acceptors (Lipinski definition) is 0. The zero-order valence-electron chi connectivity index (χ0n) is 7.45. The molecule has 0 aromatic heterocycles. The summed E-state index contributed by atoms with van der Waals surface area (Å²) in [7, 11) is 0. The summed E-state index contributed by atoms with van der Waals surface area (Å²) in [5, 5.41) is 0. The van der Waals surface area contributed by atoms with E-state index in [0.717, 1.165) is 5.92 Å². The van der Waals surface area contributed by atoms with E-state index in [1.54, 1.807) is 0 Å². The van der Waals surface area contributed by atoms with Crippen molar-refractivity contribution in [1.82, 2.24) is 0 Å². The maximum absolute atomic E-state index is 12.8. The van der Waals surface area contributed by atoms with Gasteiger partial charge < -0.3 is 6.42 Å². The van der Waals surface area contributed by atoms with Gasteiger partial charge in [0.2, 0.25) is 0 Å². The van der Waals surface area contributed by atoms with E-state index in [4.69, 9.17) is 6.42 Å². The average molecular weight is 305 g/mol. The van der Waals surface area contributed by atoms with E-state index in [2.05, 4.69) is 0 Å². The maximum atomic E-state index is 12.8. The van der Waals surface area contributed by atoms with Gasteiger partial charge in [0.15, 0.2) is 11.6 Å². The van der Waals surface area contributed by atoms with Gasteiger partial charge in [0.1, 0.15) is 5.56 Å². The topological polar surface area (TPSA) is 0 Å². The van der Waals surface area contributed by atoms with Crippen LogP contribution in [0.1, 0.15) is 11.1 Å². The molecule has 0 fully saturated rings. The fourth-order valence-corrected chi connectivity index (χ4v) is 0.990. The Balaban J connectivity index is 0.00000256. The van der Waals surface area contributed by atoms with Gasteiger partial charge in [-0.2, -0.15) is 13.2 Å². The van der Waals surface area contributed by atoms with Crippen molar-refractivity contribution in [2.45, 2.75) is 6.18 Å². The Kier molecular flexibility index (Phi) is 4.63. The van der Waals surface area contributed by atoms with Gasteiger partial charge in [0, 0.05) is 0 Å². The van der Waals surface area contributed by atoms with Gasteiger partial charge in [-0.15, -0.1) is 0 Å². The van der Waals surface area contributed by atoms with E-state index < -0.39 is 40.6 Å². The van der Waals surface area contributed by atoms with E-state index in [1.165, 1.54) is 0 Å². The number of rotatable bonds is 0.